The highest BCUT2D eigenvalue weighted by atomic mass is 32.2. The Morgan fingerprint density at radius 2 is 1.95 bits per heavy atom. The van der Waals surface area contributed by atoms with Crippen LogP contribution in [0.1, 0.15) is 45.6 Å². The molecule has 0 aromatic carbocycles. The maximum absolute atomic E-state index is 10.1. The van der Waals surface area contributed by atoms with E-state index in [9.17, 15) is 5.11 Å². The van der Waals surface area contributed by atoms with Crippen molar-refractivity contribution in [1.29, 1.82) is 0 Å². The topological polar surface area (TPSA) is 54.2 Å². The molecule has 2 unspecified atom stereocenters. The first kappa shape index (κ1) is 14.7. The molecular formula is C13H24N4OS. The number of nitrogens with zero attached hydrogens (tertiary/aromatic N) is 4. The highest BCUT2D eigenvalue weighted by Gasteiger charge is 2.27. The normalized spacial score (nSPS) is 23.9. The molecule has 19 heavy (non-hydrogen) atoms. The van der Waals surface area contributed by atoms with Crippen molar-refractivity contribution in [3.8, 4) is 0 Å². The van der Waals surface area contributed by atoms with Crippen LogP contribution in [0, 0.1) is 0 Å². The summed E-state index contributed by atoms with van der Waals surface area (Å²) in [5, 5.41) is 19.8. The summed E-state index contributed by atoms with van der Waals surface area (Å²) in [5.41, 5.74) is 0. The van der Waals surface area contributed by atoms with E-state index < -0.39 is 0 Å². The van der Waals surface area contributed by atoms with Gasteiger partial charge in [0.25, 0.3) is 0 Å². The molecule has 0 spiro atoms. The Bertz CT molecular complexity index is 419. The number of aromatic nitrogens is 3. The summed E-state index contributed by atoms with van der Waals surface area (Å²) in [5.74, 6) is 0.878. The number of aliphatic hydroxyl groups excluding tert-OH is 1. The van der Waals surface area contributed by atoms with Gasteiger partial charge in [-0.05, 0) is 26.7 Å². The van der Waals surface area contributed by atoms with Gasteiger partial charge in [0.05, 0.1) is 6.10 Å². The third-order valence-corrected chi connectivity index (χ3v) is 4.83. The van der Waals surface area contributed by atoms with Crippen LogP contribution in [0.25, 0.3) is 0 Å². The molecule has 1 aliphatic carbocycles. The molecule has 0 radical (unpaired) electrons. The summed E-state index contributed by atoms with van der Waals surface area (Å²) in [6.45, 7) is 4.27. The van der Waals surface area contributed by atoms with Crippen LogP contribution in [-0.4, -0.2) is 45.3 Å². The first-order valence-corrected chi connectivity index (χ1v) is 7.85. The van der Waals surface area contributed by atoms with Gasteiger partial charge in [0.15, 0.2) is 5.16 Å². The summed E-state index contributed by atoms with van der Waals surface area (Å²) >= 11 is 1.68. The Morgan fingerprint density at radius 3 is 2.53 bits per heavy atom. The highest BCUT2D eigenvalue weighted by molar-refractivity contribution is 7.99. The number of hydrogen-bond acceptors (Lipinski definition) is 5. The van der Waals surface area contributed by atoms with E-state index in [1.807, 2.05) is 19.0 Å². The summed E-state index contributed by atoms with van der Waals surface area (Å²) in [7, 11) is 3.96. The molecular weight excluding hydrogens is 260 g/mol. The molecule has 0 aliphatic heterocycles. The summed E-state index contributed by atoms with van der Waals surface area (Å²) in [4.78, 5) is 1.98. The molecule has 5 nitrogen and oxygen atoms in total. The Hall–Kier alpha value is -0.750. The van der Waals surface area contributed by atoms with E-state index in [1.54, 1.807) is 11.8 Å². The lowest BCUT2D eigenvalue weighted by molar-refractivity contribution is 0.136. The van der Waals surface area contributed by atoms with Gasteiger partial charge in [-0.25, -0.2) is 0 Å². The van der Waals surface area contributed by atoms with Crippen LogP contribution in [0.5, 0.6) is 0 Å². The molecule has 1 N–H and O–H groups in total. The zero-order chi connectivity index (χ0) is 14.0. The van der Waals surface area contributed by atoms with Crippen LogP contribution < -0.4 is 4.90 Å². The molecule has 1 aromatic heterocycles. The largest absolute Gasteiger partial charge is 0.392 e. The average molecular weight is 284 g/mol. The number of hydrogen-bond donors (Lipinski definition) is 1. The van der Waals surface area contributed by atoms with Gasteiger partial charge < -0.3 is 10.0 Å². The molecule has 6 heteroatoms. The summed E-state index contributed by atoms with van der Waals surface area (Å²) in [6.07, 6.45) is 4.10. The van der Waals surface area contributed by atoms with Crippen molar-refractivity contribution in [1.82, 2.24) is 14.8 Å². The number of anilines is 1. The summed E-state index contributed by atoms with van der Waals surface area (Å²) in [6, 6.07) is 0.315. The monoisotopic (exact) mass is 284 g/mol. The van der Waals surface area contributed by atoms with E-state index >= 15 is 0 Å². The second-order valence-corrected chi connectivity index (χ2v) is 6.86. The maximum Gasteiger partial charge on any atom is 0.227 e. The van der Waals surface area contributed by atoms with E-state index in [-0.39, 0.29) is 11.4 Å². The fourth-order valence-electron chi connectivity index (χ4n) is 2.46. The number of thioether (sulfide) groups is 1. The van der Waals surface area contributed by atoms with Crippen molar-refractivity contribution in [3.63, 3.8) is 0 Å². The second kappa shape index (κ2) is 6.13. The summed E-state index contributed by atoms with van der Waals surface area (Å²) < 4.78 is 2.14. The minimum atomic E-state index is -0.209. The molecule has 2 rings (SSSR count). The smallest absolute Gasteiger partial charge is 0.227 e. The first-order valence-electron chi connectivity index (χ1n) is 6.97. The van der Waals surface area contributed by atoms with Gasteiger partial charge in [0, 0.05) is 25.4 Å². The van der Waals surface area contributed by atoms with Crippen LogP contribution in [0.15, 0.2) is 5.16 Å². The maximum atomic E-state index is 10.1. The van der Waals surface area contributed by atoms with Gasteiger partial charge in [-0.2, -0.15) is 0 Å². The van der Waals surface area contributed by atoms with Crippen LogP contribution in [-0.2, 0) is 0 Å². The SMILES string of the molecule is CC(C)n1c(SC2CCCCC2O)nnc1N(C)C. The van der Waals surface area contributed by atoms with Crippen LogP contribution in [0.2, 0.25) is 0 Å². The van der Waals surface area contributed by atoms with Crippen molar-refractivity contribution in [2.45, 2.75) is 62.1 Å². The zero-order valence-corrected chi connectivity index (χ0v) is 13.0. The van der Waals surface area contributed by atoms with E-state index in [0.717, 1.165) is 30.4 Å². The van der Waals surface area contributed by atoms with Crippen molar-refractivity contribution in [2.75, 3.05) is 19.0 Å². The molecule has 1 heterocycles. The lowest BCUT2D eigenvalue weighted by atomic mass is 9.97. The fourth-order valence-corrected chi connectivity index (χ4v) is 3.80. The Labute approximate surface area is 119 Å². The molecule has 1 aliphatic rings. The van der Waals surface area contributed by atoms with Crippen molar-refractivity contribution in [3.05, 3.63) is 0 Å². The predicted molar refractivity (Wildman–Crippen MR) is 78.9 cm³/mol. The number of aliphatic hydroxyl groups is 1. The molecule has 1 fully saturated rings. The van der Waals surface area contributed by atoms with E-state index in [0.29, 0.717) is 6.04 Å². The molecule has 1 saturated carbocycles. The van der Waals surface area contributed by atoms with Gasteiger partial charge in [-0.1, -0.05) is 24.6 Å². The van der Waals surface area contributed by atoms with Crippen LogP contribution in [0.4, 0.5) is 5.95 Å². The van der Waals surface area contributed by atoms with Gasteiger partial charge in [-0.15, -0.1) is 10.2 Å². The van der Waals surface area contributed by atoms with Gasteiger partial charge in [-0.3, -0.25) is 4.57 Å². The molecule has 108 valence electrons. The molecule has 2 atom stereocenters. The Balaban J connectivity index is 2.20. The lowest BCUT2D eigenvalue weighted by Gasteiger charge is -2.27. The van der Waals surface area contributed by atoms with Crippen molar-refractivity contribution in [2.24, 2.45) is 0 Å². The van der Waals surface area contributed by atoms with E-state index in [4.69, 9.17) is 0 Å². The van der Waals surface area contributed by atoms with E-state index in [1.165, 1.54) is 6.42 Å². The quantitative estimate of drug-likeness (QED) is 0.919. The van der Waals surface area contributed by atoms with Gasteiger partial charge in [0.1, 0.15) is 0 Å². The molecule has 0 amide bonds. The minimum Gasteiger partial charge on any atom is -0.392 e. The van der Waals surface area contributed by atoms with Crippen LogP contribution in [0.3, 0.4) is 0 Å². The minimum absolute atomic E-state index is 0.209. The number of rotatable bonds is 4. The van der Waals surface area contributed by atoms with E-state index in [2.05, 4.69) is 28.6 Å². The van der Waals surface area contributed by atoms with Crippen molar-refractivity contribution >= 4 is 17.7 Å². The average Bonchev–Trinajstić information content (AvgIpc) is 2.76. The zero-order valence-electron chi connectivity index (χ0n) is 12.2. The molecule has 0 bridgehead atoms. The third kappa shape index (κ3) is 3.23. The predicted octanol–water partition coefficient (Wildman–Crippen LogP) is 2.32. The molecule has 1 aromatic rings. The molecule has 0 saturated heterocycles. The Morgan fingerprint density at radius 1 is 1.26 bits per heavy atom. The second-order valence-electron chi connectivity index (χ2n) is 5.65. The Kier molecular flexibility index (Phi) is 4.73. The first-order chi connectivity index (χ1) is 9.00. The third-order valence-electron chi connectivity index (χ3n) is 3.49. The van der Waals surface area contributed by atoms with Crippen molar-refractivity contribution < 1.29 is 5.11 Å². The van der Waals surface area contributed by atoms with Gasteiger partial charge in [0.2, 0.25) is 5.95 Å². The van der Waals surface area contributed by atoms with Crippen LogP contribution >= 0.6 is 11.8 Å². The lowest BCUT2D eigenvalue weighted by Crippen LogP contribution is -2.27. The highest BCUT2D eigenvalue weighted by Crippen LogP contribution is 2.35. The van der Waals surface area contributed by atoms with Gasteiger partial charge >= 0.3 is 0 Å². The fraction of sp³-hybridized carbons (Fsp3) is 0.846. The standard InChI is InChI=1S/C13H24N4OS/c1-9(2)17-12(16(3)4)14-15-13(17)19-11-8-6-5-7-10(11)18/h9-11,18H,5-8H2,1-4H3.